The van der Waals surface area contributed by atoms with Gasteiger partial charge in [-0.25, -0.2) is 8.42 Å². The number of aliphatic hydroxyl groups excluding tert-OH is 1. The van der Waals surface area contributed by atoms with Gasteiger partial charge in [0.25, 0.3) is 0 Å². The lowest BCUT2D eigenvalue weighted by molar-refractivity contribution is 0.260. The van der Waals surface area contributed by atoms with Gasteiger partial charge in [-0.2, -0.15) is 4.31 Å². The number of benzene rings is 1. The van der Waals surface area contributed by atoms with E-state index in [1.165, 1.54) is 12.1 Å². The van der Waals surface area contributed by atoms with Gasteiger partial charge >= 0.3 is 0 Å². The molecule has 0 amide bonds. The maximum absolute atomic E-state index is 12.5. The lowest BCUT2D eigenvalue weighted by atomic mass is 10.3. The fourth-order valence-electron chi connectivity index (χ4n) is 1.55. The Kier molecular flexibility index (Phi) is 6.00. The minimum absolute atomic E-state index is 0.00833. The molecule has 0 fully saturated rings. The van der Waals surface area contributed by atoms with Gasteiger partial charge in [0, 0.05) is 22.0 Å². The third kappa shape index (κ3) is 3.79. The number of nitrogen functional groups attached to an aromatic ring is 1. The Bertz CT molecular complexity index is 552. The van der Waals surface area contributed by atoms with Crippen LogP contribution >= 0.6 is 31.9 Å². The fourth-order valence-corrected chi connectivity index (χ4v) is 4.96. The van der Waals surface area contributed by atoms with Crippen LogP contribution in [0.4, 0.5) is 5.69 Å². The van der Waals surface area contributed by atoms with E-state index in [2.05, 4.69) is 38.4 Å². The average Bonchev–Trinajstić information content (AvgIpc) is 2.26. The Morgan fingerprint density at radius 3 is 2.53 bits per heavy atom. The highest BCUT2D eigenvalue weighted by molar-refractivity contribution is 9.11. The summed E-state index contributed by atoms with van der Waals surface area (Å²) in [5.41, 5.74) is 5.92. The first-order valence-electron chi connectivity index (χ1n) is 5.31. The van der Waals surface area contributed by atoms with E-state index < -0.39 is 10.0 Å². The molecule has 0 heterocycles. The molecule has 0 atom stereocenters. The first-order chi connectivity index (χ1) is 8.84. The average molecular weight is 414 g/mol. The molecule has 8 heteroatoms. The molecule has 0 aliphatic carbocycles. The quantitative estimate of drug-likeness (QED) is 0.551. The molecular formula is C11H14Br2N2O3S. The molecule has 0 saturated heterocycles. The van der Waals surface area contributed by atoms with Crippen molar-refractivity contribution in [2.24, 2.45) is 0 Å². The normalized spacial score (nSPS) is 11.8. The predicted molar refractivity (Wildman–Crippen MR) is 82.3 cm³/mol. The number of nitrogens with two attached hydrogens (primary N) is 1. The lowest BCUT2D eigenvalue weighted by Crippen LogP contribution is -2.34. The number of anilines is 1. The summed E-state index contributed by atoms with van der Waals surface area (Å²) in [6.45, 7) is 3.32. The minimum atomic E-state index is -3.79. The van der Waals surface area contributed by atoms with Crippen molar-refractivity contribution in [3.63, 3.8) is 0 Å². The Hall–Kier alpha value is -0.410. The summed E-state index contributed by atoms with van der Waals surface area (Å²) in [6, 6.07) is 3.12. The maximum atomic E-state index is 12.5. The van der Waals surface area contributed by atoms with Crippen molar-refractivity contribution in [2.75, 3.05) is 25.4 Å². The molecule has 0 unspecified atom stereocenters. The first-order valence-corrected chi connectivity index (χ1v) is 8.33. The van der Waals surface area contributed by atoms with Gasteiger partial charge in [-0.1, -0.05) is 22.0 Å². The largest absolute Gasteiger partial charge is 0.398 e. The van der Waals surface area contributed by atoms with Crippen LogP contribution in [0.15, 0.2) is 38.6 Å². The molecule has 0 aliphatic rings. The van der Waals surface area contributed by atoms with Crippen LogP contribution in [0.1, 0.15) is 0 Å². The molecule has 3 N–H and O–H groups in total. The predicted octanol–water partition coefficient (Wildman–Crippen LogP) is 1.96. The number of hydrogen-bond donors (Lipinski definition) is 2. The van der Waals surface area contributed by atoms with Gasteiger partial charge < -0.3 is 10.8 Å². The third-order valence-corrected chi connectivity index (χ3v) is 5.65. The number of hydrogen-bond acceptors (Lipinski definition) is 4. The van der Waals surface area contributed by atoms with Crippen molar-refractivity contribution in [3.8, 4) is 0 Å². The van der Waals surface area contributed by atoms with Gasteiger partial charge in [0.1, 0.15) is 4.90 Å². The van der Waals surface area contributed by atoms with Gasteiger partial charge in [0.2, 0.25) is 10.0 Å². The number of aliphatic hydroxyl groups is 1. The number of sulfonamides is 1. The number of rotatable bonds is 6. The van der Waals surface area contributed by atoms with Gasteiger partial charge in [-0.3, -0.25) is 0 Å². The molecule has 5 nitrogen and oxygen atoms in total. The summed E-state index contributed by atoms with van der Waals surface area (Å²) in [5, 5.41) is 8.97. The van der Waals surface area contributed by atoms with Crippen molar-refractivity contribution in [3.05, 3.63) is 33.7 Å². The van der Waals surface area contributed by atoms with E-state index in [1.807, 2.05) is 0 Å². The number of nitrogens with zero attached hydrogens (tertiary/aromatic N) is 1. The van der Waals surface area contributed by atoms with E-state index >= 15 is 0 Å². The molecule has 0 aliphatic heterocycles. The second-order valence-corrected chi connectivity index (χ2v) is 7.33. The van der Waals surface area contributed by atoms with Crippen LogP contribution < -0.4 is 5.73 Å². The molecule has 0 radical (unpaired) electrons. The monoisotopic (exact) mass is 412 g/mol. The minimum Gasteiger partial charge on any atom is -0.398 e. The van der Waals surface area contributed by atoms with E-state index in [0.717, 1.165) is 4.31 Å². The van der Waals surface area contributed by atoms with Crippen LogP contribution in [-0.4, -0.2) is 37.5 Å². The Morgan fingerprint density at radius 2 is 2.05 bits per heavy atom. The van der Waals surface area contributed by atoms with Crippen LogP contribution in [0.5, 0.6) is 0 Å². The van der Waals surface area contributed by atoms with Crippen molar-refractivity contribution in [1.29, 1.82) is 0 Å². The van der Waals surface area contributed by atoms with E-state index in [1.54, 1.807) is 6.07 Å². The highest BCUT2D eigenvalue weighted by Gasteiger charge is 2.28. The van der Waals surface area contributed by atoms with Crippen molar-refractivity contribution in [1.82, 2.24) is 4.31 Å². The standard InChI is InChI=1S/C11H14Br2N2O3S/c1-2-3-15(4-5-16)19(17,18)11-9(13)6-8(12)7-10(11)14/h2,6-7,16H,1,3-5,14H2. The number of halogens is 2. The second-order valence-electron chi connectivity index (χ2n) is 3.68. The third-order valence-electron chi connectivity index (χ3n) is 2.32. The highest BCUT2D eigenvalue weighted by atomic mass is 79.9. The van der Waals surface area contributed by atoms with Crippen LogP contribution in [0.25, 0.3) is 0 Å². The van der Waals surface area contributed by atoms with Crippen molar-refractivity contribution in [2.45, 2.75) is 4.90 Å². The van der Waals surface area contributed by atoms with Gasteiger partial charge in [0.05, 0.1) is 12.3 Å². The molecule has 106 valence electrons. The summed E-state index contributed by atoms with van der Waals surface area (Å²) < 4.78 is 27.2. The Labute approximate surface area is 129 Å². The summed E-state index contributed by atoms with van der Waals surface area (Å²) in [5.74, 6) is 0. The lowest BCUT2D eigenvalue weighted by Gasteiger charge is -2.21. The van der Waals surface area contributed by atoms with Crippen molar-refractivity contribution < 1.29 is 13.5 Å². The zero-order valence-electron chi connectivity index (χ0n) is 10.0. The first kappa shape index (κ1) is 16.6. The summed E-state index contributed by atoms with van der Waals surface area (Å²) >= 11 is 6.44. The maximum Gasteiger partial charge on any atom is 0.246 e. The second kappa shape index (κ2) is 6.85. The van der Waals surface area contributed by atoms with Crippen LogP contribution in [0.3, 0.4) is 0 Å². The molecular weight excluding hydrogens is 400 g/mol. The molecule has 0 aromatic heterocycles. The summed E-state index contributed by atoms with van der Waals surface area (Å²) in [4.78, 5) is -0.00833. The van der Waals surface area contributed by atoms with Gasteiger partial charge in [-0.15, -0.1) is 6.58 Å². The van der Waals surface area contributed by atoms with Crippen LogP contribution in [-0.2, 0) is 10.0 Å². The zero-order valence-corrected chi connectivity index (χ0v) is 14.0. The SMILES string of the molecule is C=CCN(CCO)S(=O)(=O)c1c(N)cc(Br)cc1Br. The summed E-state index contributed by atoms with van der Waals surface area (Å²) in [7, 11) is -3.79. The van der Waals surface area contributed by atoms with Crippen molar-refractivity contribution >= 4 is 47.6 Å². The highest BCUT2D eigenvalue weighted by Crippen LogP contribution is 2.33. The Morgan fingerprint density at radius 1 is 1.42 bits per heavy atom. The van der Waals surface area contributed by atoms with E-state index in [4.69, 9.17) is 10.8 Å². The molecule has 19 heavy (non-hydrogen) atoms. The molecule has 1 rings (SSSR count). The molecule has 0 saturated carbocycles. The fraction of sp³-hybridized carbons (Fsp3) is 0.273. The van der Waals surface area contributed by atoms with Crippen LogP contribution in [0, 0.1) is 0 Å². The molecule has 1 aromatic carbocycles. The molecule has 1 aromatic rings. The van der Waals surface area contributed by atoms with E-state index in [-0.39, 0.29) is 30.3 Å². The van der Waals surface area contributed by atoms with Crippen LogP contribution in [0.2, 0.25) is 0 Å². The van der Waals surface area contributed by atoms with Gasteiger partial charge in [-0.05, 0) is 28.1 Å². The molecule has 0 spiro atoms. The molecule has 0 bridgehead atoms. The summed E-state index contributed by atoms with van der Waals surface area (Å²) in [6.07, 6.45) is 1.45. The Balaban J connectivity index is 3.37. The van der Waals surface area contributed by atoms with Gasteiger partial charge in [0.15, 0.2) is 0 Å². The smallest absolute Gasteiger partial charge is 0.246 e. The zero-order chi connectivity index (χ0) is 14.6. The topological polar surface area (TPSA) is 83.6 Å². The van der Waals surface area contributed by atoms with E-state index in [9.17, 15) is 8.42 Å². The van der Waals surface area contributed by atoms with E-state index in [0.29, 0.717) is 8.95 Å².